The summed E-state index contributed by atoms with van der Waals surface area (Å²) in [7, 11) is 0. The van der Waals surface area contributed by atoms with E-state index in [-0.39, 0.29) is 0 Å². The summed E-state index contributed by atoms with van der Waals surface area (Å²) >= 11 is 14.2. The third-order valence-corrected chi connectivity index (χ3v) is 7.13. The minimum atomic E-state index is -1.69. The Morgan fingerprint density at radius 1 is 1.00 bits per heavy atom. The fourth-order valence-electron chi connectivity index (χ4n) is 0.691. The van der Waals surface area contributed by atoms with E-state index in [0.29, 0.717) is 0 Å². The summed E-state index contributed by atoms with van der Waals surface area (Å²) in [4.78, 5) is 0. The van der Waals surface area contributed by atoms with Crippen molar-refractivity contribution in [1.29, 1.82) is 0 Å². The zero-order valence-corrected chi connectivity index (χ0v) is 12.7. The van der Waals surface area contributed by atoms with Crippen molar-refractivity contribution < 1.29 is 0 Å². The molecule has 0 amide bonds. The maximum Gasteiger partial charge on any atom is 0.298 e. The molecule has 0 aliphatic carbocycles. The molecule has 0 saturated heterocycles. The fraction of sp³-hybridized carbons (Fsp3) is 0. The molecule has 60 valence electrons. The number of hydrogen-bond acceptors (Lipinski definition) is 0. The second-order valence-corrected chi connectivity index (χ2v) is 24.6. The predicted molar refractivity (Wildman–Crippen MR) is 66.3 cm³/mol. The minimum absolute atomic E-state index is 1.12. The van der Waals surface area contributed by atoms with Gasteiger partial charge in [0.25, 0.3) is 3.93 Å². The number of hydrogen-bond donors (Lipinski definition) is 0. The highest BCUT2D eigenvalue weighted by Gasteiger charge is 2.26. The zero-order valence-electron chi connectivity index (χ0n) is 5.32. The van der Waals surface area contributed by atoms with Gasteiger partial charge in [0.05, 0.1) is 0 Å². The van der Waals surface area contributed by atoms with Gasteiger partial charge in [0.2, 0.25) is 0 Å². The van der Waals surface area contributed by atoms with Gasteiger partial charge >= 0.3 is 0 Å². The number of rotatable bonds is 1. The summed E-state index contributed by atoms with van der Waals surface area (Å²) in [6.07, 6.45) is 0. The van der Waals surface area contributed by atoms with Gasteiger partial charge in [-0.15, -0.1) is 0 Å². The average Bonchev–Trinajstić information content (AvgIpc) is 1.86. The smallest absolute Gasteiger partial charge is 0.0910 e. The van der Waals surface area contributed by atoms with Gasteiger partial charge in [-0.1, -0.05) is 80.0 Å². The van der Waals surface area contributed by atoms with E-state index < -0.39 is 3.93 Å². The molecule has 0 atom stereocenters. The van der Waals surface area contributed by atoms with Gasteiger partial charge in [-0.3, -0.25) is 0 Å². The van der Waals surface area contributed by atoms with Crippen LogP contribution in [0.25, 0.3) is 0 Å². The molecule has 0 aliphatic rings. The maximum atomic E-state index is 3.58. The monoisotopic (exact) mass is 420 g/mol. The lowest BCUT2D eigenvalue weighted by Crippen LogP contribution is -2.28. The molecule has 5 heteroatoms. The van der Waals surface area contributed by atoms with Gasteiger partial charge in [0, 0.05) is 4.47 Å². The standard InChI is InChI=1S/C6H4Br4Si/c7-5-3-1-2-4-6(5)11(8,9)10/h1-4H. The average molecular weight is 424 g/mol. The third kappa shape index (κ3) is 2.95. The van der Waals surface area contributed by atoms with Crippen LogP contribution in [0.5, 0.6) is 0 Å². The molecule has 1 aromatic carbocycles. The molecule has 0 nitrogen and oxygen atoms in total. The van der Waals surface area contributed by atoms with Crippen LogP contribution in [0.1, 0.15) is 0 Å². The second-order valence-electron chi connectivity index (χ2n) is 1.98. The van der Waals surface area contributed by atoms with Crippen LogP contribution in [0.2, 0.25) is 0 Å². The van der Waals surface area contributed by atoms with E-state index in [4.69, 9.17) is 0 Å². The van der Waals surface area contributed by atoms with Crippen LogP contribution in [-0.4, -0.2) is 3.93 Å². The van der Waals surface area contributed by atoms with Crippen molar-refractivity contribution in [3.63, 3.8) is 0 Å². The largest absolute Gasteiger partial charge is 0.298 e. The molecule has 0 heterocycles. The van der Waals surface area contributed by atoms with E-state index in [1.165, 1.54) is 5.19 Å². The van der Waals surface area contributed by atoms with E-state index in [1.54, 1.807) is 0 Å². The Morgan fingerprint density at radius 2 is 1.55 bits per heavy atom. The molecule has 0 aromatic heterocycles. The van der Waals surface area contributed by atoms with Crippen molar-refractivity contribution in [3.05, 3.63) is 28.7 Å². The first-order chi connectivity index (χ1) is 5.02. The first kappa shape index (κ1) is 10.4. The Kier molecular flexibility index (Phi) is 3.84. The maximum absolute atomic E-state index is 3.58. The van der Waals surface area contributed by atoms with Crippen LogP contribution in [0.15, 0.2) is 28.7 Å². The van der Waals surface area contributed by atoms with Crippen LogP contribution >= 0.6 is 61.8 Å². The lowest BCUT2D eigenvalue weighted by molar-refractivity contribution is 1.71. The normalized spacial score (nSPS) is 11.6. The molecule has 0 bridgehead atoms. The molecular weight excluding hydrogens is 420 g/mol. The predicted octanol–water partition coefficient (Wildman–Crippen LogP) is 3.78. The van der Waals surface area contributed by atoms with Crippen molar-refractivity contribution in [2.75, 3.05) is 0 Å². The third-order valence-electron chi connectivity index (χ3n) is 1.18. The summed E-state index contributed by atoms with van der Waals surface area (Å²) in [6, 6.07) is 8.13. The van der Waals surface area contributed by atoms with Gasteiger partial charge in [-0.05, 0) is 11.3 Å². The zero-order chi connectivity index (χ0) is 8.48. The molecule has 0 spiro atoms. The number of halogens is 4. The fourth-order valence-corrected chi connectivity index (χ4v) is 8.01. The van der Waals surface area contributed by atoms with Gasteiger partial charge in [-0.2, -0.15) is 0 Å². The van der Waals surface area contributed by atoms with Gasteiger partial charge in [0.1, 0.15) is 0 Å². The Labute approximate surface area is 98.6 Å². The van der Waals surface area contributed by atoms with Crippen molar-refractivity contribution in [2.24, 2.45) is 0 Å². The van der Waals surface area contributed by atoms with Crippen LogP contribution in [0.3, 0.4) is 0 Å². The summed E-state index contributed by atoms with van der Waals surface area (Å²) in [5, 5.41) is 1.25. The van der Waals surface area contributed by atoms with Crippen LogP contribution < -0.4 is 5.19 Å². The molecule has 1 rings (SSSR count). The topological polar surface area (TPSA) is 0 Å². The van der Waals surface area contributed by atoms with Crippen LogP contribution in [0, 0.1) is 0 Å². The molecular formula is C6H4Br4Si. The lowest BCUT2D eigenvalue weighted by atomic mass is 10.4. The lowest BCUT2D eigenvalue weighted by Gasteiger charge is -2.10. The Morgan fingerprint density at radius 3 is 1.91 bits per heavy atom. The van der Waals surface area contributed by atoms with E-state index in [1.807, 2.05) is 18.2 Å². The molecule has 11 heavy (non-hydrogen) atoms. The number of benzene rings is 1. The van der Waals surface area contributed by atoms with E-state index in [2.05, 4.69) is 67.9 Å². The Balaban J connectivity index is 3.14. The van der Waals surface area contributed by atoms with Crippen molar-refractivity contribution in [1.82, 2.24) is 0 Å². The summed E-state index contributed by atoms with van der Waals surface area (Å²) < 4.78 is -0.565. The highest BCUT2D eigenvalue weighted by molar-refractivity contribution is 9.72. The first-order valence-corrected chi connectivity index (χ1v) is 12.4. The van der Waals surface area contributed by atoms with Gasteiger partial charge in [0.15, 0.2) is 0 Å². The van der Waals surface area contributed by atoms with Gasteiger partial charge in [-0.25, -0.2) is 0 Å². The quantitative estimate of drug-likeness (QED) is 0.476. The molecule has 0 N–H and O–H groups in total. The summed E-state index contributed by atoms with van der Waals surface area (Å²) in [5.74, 6) is 0. The van der Waals surface area contributed by atoms with E-state index in [9.17, 15) is 0 Å². The summed E-state index contributed by atoms with van der Waals surface area (Å²) in [6.45, 7) is 0. The molecule has 0 radical (unpaired) electrons. The minimum Gasteiger partial charge on any atom is -0.0910 e. The molecule has 0 fully saturated rings. The first-order valence-electron chi connectivity index (χ1n) is 2.83. The van der Waals surface area contributed by atoms with E-state index >= 15 is 0 Å². The SMILES string of the molecule is Brc1ccccc1[Si](Br)(Br)Br. The highest BCUT2D eigenvalue weighted by atomic mass is 80.0. The van der Waals surface area contributed by atoms with Crippen molar-refractivity contribution >= 4 is 70.9 Å². The Hall–Kier alpha value is 1.36. The molecule has 0 unspecified atom stereocenters. The molecule has 0 saturated carbocycles. The van der Waals surface area contributed by atoms with E-state index in [0.717, 1.165) is 4.47 Å². The van der Waals surface area contributed by atoms with Gasteiger partial charge < -0.3 is 0 Å². The molecule has 1 aromatic rings. The van der Waals surface area contributed by atoms with Crippen LogP contribution in [0.4, 0.5) is 0 Å². The Bertz CT molecular complexity index is 255. The molecule has 0 aliphatic heterocycles. The van der Waals surface area contributed by atoms with Crippen LogP contribution in [-0.2, 0) is 0 Å². The summed E-state index contributed by atoms with van der Waals surface area (Å²) in [5.41, 5.74) is 0. The van der Waals surface area contributed by atoms with Crippen molar-refractivity contribution in [2.45, 2.75) is 0 Å². The second kappa shape index (κ2) is 4.04. The van der Waals surface area contributed by atoms with Crippen molar-refractivity contribution in [3.8, 4) is 0 Å². The highest BCUT2D eigenvalue weighted by Crippen LogP contribution is 2.29.